The SMILES string of the molecule is C=C1/C=C\C=C/C(C)/C=C/CNC(=O)CNC(=O)CN(C)C(=O)C(C)NCCO1. The predicted octanol–water partition coefficient (Wildman–Crippen LogP) is 0.504. The van der Waals surface area contributed by atoms with Crippen LogP contribution in [0.5, 0.6) is 0 Å². The van der Waals surface area contributed by atoms with Gasteiger partial charge in [0.1, 0.15) is 12.4 Å². The first-order valence-corrected chi connectivity index (χ1v) is 9.64. The van der Waals surface area contributed by atoms with Crippen LogP contribution in [0.2, 0.25) is 0 Å². The maximum atomic E-state index is 12.3. The van der Waals surface area contributed by atoms with Gasteiger partial charge in [0.2, 0.25) is 17.7 Å². The van der Waals surface area contributed by atoms with Crippen molar-refractivity contribution in [3.63, 3.8) is 0 Å². The lowest BCUT2D eigenvalue weighted by Gasteiger charge is -2.21. The number of ether oxygens (including phenoxy) is 1. The van der Waals surface area contributed by atoms with E-state index in [1.165, 1.54) is 4.90 Å². The van der Waals surface area contributed by atoms with Crippen molar-refractivity contribution < 1.29 is 19.1 Å². The summed E-state index contributed by atoms with van der Waals surface area (Å²) in [5, 5.41) is 8.26. The third-order valence-electron chi connectivity index (χ3n) is 4.08. The van der Waals surface area contributed by atoms with Crippen molar-refractivity contribution in [3.8, 4) is 0 Å². The molecule has 2 atom stereocenters. The first-order chi connectivity index (χ1) is 13.8. The molecule has 3 N–H and O–H groups in total. The number of hydrogen-bond donors (Lipinski definition) is 3. The number of hydrogen-bond acceptors (Lipinski definition) is 5. The summed E-state index contributed by atoms with van der Waals surface area (Å²) in [6.07, 6.45) is 11.3. The molecule has 0 bridgehead atoms. The van der Waals surface area contributed by atoms with Crippen LogP contribution in [0.25, 0.3) is 0 Å². The Kier molecular flexibility index (Phi) is 11.1. The second-order valence-corrected chi connectivity index (χ2v) is 6.80. The van der Waals surface area contributed by atoms with Crippen LogP contribution in [0.4, 0.5) is 0 Å². The zero-order chi connectivity index (χ0) is 21.6. The molecule has 1 aliphatic heterocycles. The minimum absolute atomic E-state index is 0.125. The maximum Gasteiger partial charge on any atom is 0.240 e. The van der Waals surface area contributed by atoms with Gasteiger partial charge < -0.3 is 25.6 Å². The van der Waals surface area contributed by atoms with E-state index in [2.05, 4.69) is 22.5 Å². The van der Waals surface area contributed by atoms with Gasteiger partial charge in [-0.15, -0.1) is 0 Å². The summed E-state index contributed by atoms with van der Waals surface area (Å²) in [5.74, 6) is -0.195. The van der Waals surface area contributed by atoms with Gasteiger partial charge in [-0.3, -0.25) is 14.4 Å². The number of amides is 3. The summed E-state index contributed by atoms with van der Waals surface area (Å²) in [5.41, 5.74) is 0. The maximum absolute atomic E-state index is 12.3. The number of allylic oxidation sites excluding steroid dienone is 5. The Balaban J connectivity index is 2.71. The molecule has 1 rings (SSSR count). The standard InChI is InChI=1S/C21H32N4O4/c1-16-8-5-6-10-17(2)29-13-12-22-18(3)21(28)25(4)15-20(27)24-14-19(26)23-11-7-9-16/h5-10,16,18,22H,2,11-15H2,1,3-4H3,(H,23,26)(H,24,27)/b8-5-,9-7+,10-6-. The Hall–Kier alpha value is -2.87. The van der Waals surface area contributed by atoms with Crippen LogP contribution in [0.1, 0.15) is 13.8 Å². The van der Waals surface area contributed by atoms with Crippen molar-refractivity contribution in [1.29, 1.82) is 0 Å². The van der Waals surface area contributed by atoms with Gasteiger partial charge >= 0.3 is 0 Å². The van der Waals surface area contributed by atoms with E-state index in [-0.39, 0.29) is 30.8 Å². The highest BCUT2D eigenvalue weighted by molar-refractivity contribution is 5.89. The Labute approximate surface area is 172 Å². The van der Waals surface area contributed by atoms with Crippen molar-refractivity contribution in [2.45, 2.75) is 19.9 Å². The zero-order valence-corrected chi connectivity index (χ0v) is 17.4. The van der Waals surface area contributed by atoms with Gasteiger partial charge in [0.15, 0.2) is 0 Å². The van der Waals surface area contributed by atoms with Gasteiger partial charge in [0.05, 0.1) is 19.1 Å². The van der Waals surface area contributed by atoms with Crippen LogP contribution in [-0.2, 0) is 19.1 Å². The first kappa shape index (κ1) is 24.2. The molecule has 1 heterocycles. The van der Waals surface area contributed by atoms with E-state index in [1.54, 1.807) is 20.0 Å². The summed E-state index contributed by atoms with van der Waals surface area (Å²) in [7, 11) is 1.54. The molecular formula is C21H32N4O4. The van der Waals surface area contributed by atoms with E-state index < -0.39 is 11.9 Å². The Bertz CT molecular complexity index is 670. The van der Waals surface area contributed by atoms with Crippen LogP contribution in [0.15, 0.2) is 48.8 Å². The molecule has 0 aromatic heterocycles. The fraction of sp³-hybridized carbons (Fsp3) is 0.476. The monoisotopic (exact) mass is 404 g/mol. The molecule has 0 spiro atoms. The minimum atomic E-state index is -0.474. The molecule has 0 fully saturated rings. The van der Waals surface area contributed by atoms with Crippen molar-refractivity contribution in [2.24, 2.45) is 5.92 Å². The van der Waals surface area contributed by atoms with Gasteiger partial charge in [-0.25, -0.2) is 0 Å². The molecule has 8 nitrogen and oxygen atoms in total. The highest BCUT2D eigenvalue weighted by Gasteiger charge is 2.19. The molecule has 160 valence electrons. The number of likely N-dealkylation sites (N-methyl/N-ethyl adjacent to an activating group) is 1. The summed E-state index contributed by atoms with van der Waals surface area (Å²) in [6.45, 7) is 8.50. The molecule has 3 amide bonds. The van der Waals surface area contributed by atoms with Gasteiger partial charge in [0.25, 0.3) is 0 Å². The second-order valence-electron chi connectivity index (χ2n) is 6.80. The smallest absolute Gasteiger partial charge is 0.240 e. The quantitative estimate of drug-likeness (QED) is 0.511. The number of nitrogens with zero attached hydrogens (tertiary/aromatic N) is 1. The third-order valence-corrected chi connectivity index (χ3v) is 4.08. The van der Waals surface area contributed by atoms with Crippen LogP contribution >= 0.6 is 0 Å². The molecular weight excluding hydrogens is 372 g/mol. The average molecular weight is 405 g/mol. The number of nitrogens with one attached hydrogen (secondary N) is 3. The predicted molar refractivity (Wildman–Crippen MR) is 113 cm³/mol. The molecule has 2 unspecified atom stereocenters. The molecule has 8 heteroatoms. The molecule has 1 aliphatic rings. The summed E-state index contributed by atoms with van der Waals surface area (Å²) in [4.78, 5) is 37.4. The fourth-order valence-corrected chi connectivity index (χ4v) is 2.44. The highest BCUT2D eigenvalue weighted by Crippen LogP contribution is 2.01. The van der Waals surface area contributed by atoms with Gasteiger partial charge in [0, 0.05) is 20.1 Å². The van der Waals surface area contributed by atoms with Crippen molar-refractivity contribution >= 4 is 17.7 Å². The minimum Gasteiger partial charge on any atom is -0.493 e. The zero-order valence-electron chi connectivity index (χ0n) is 17.4. The second kappa shape index (κ2) is 13.3. The van der Waals surface area contributed by atoms with Gasteiger partial charge in [-0.1, -0.05) is 43.9 Å². The molecule has 0 aromatic carbocycles. The van der Waals surface area contributed by atoms with Crippen molar-refractivity contribution in [3.05, 3.63) is 48.8 Å². The largest absolute Gasteiger partial charge is 0.493 e. The number of rotatable bonds is 0. The number of carbonyl (C=O) groups excluding carboxylic acids is 3. The molecule has 0 aromatic rings. The van der Waals surface area contributed by atoms with Crippen LogP contribution < -0.4 is 16.0 Å². The first-order valence-electron chi connectivity index (χ1n) is 9.64. The Morgan fingerprint density at radius 2 is 1.86 bits per heavy atom. The topological polar surface area (TPSA) is 99.8 Å². The summed E-state index contributed by atoms with van der Waals surface area (Å²) < 4.78 is 5.50. The molecule has 0 aliphatic carbocycles. The van der Waals surface area contributed by atoms with Crippen LogP contribution in [0.3, 0.4) is 0 Å². The average Bonchev–Trinajstić information content (AvgIpc) is 2.68. The summed E-state index contributed by atoms with van der Waals surface area (Å²) in [6, 6.07) is -0.474. The third kappa shape index (κ3) is 10.9. The molecule has 29 heavy (non-hydrogen) atoms. The van der Waals surface area contributed by atoms with E-state index in [0.29, 0.717) is 25.5 Å². The lowest BCUT2D eigenvalue weighted by Crippen LogP contribution is -2.48. The van der Waals surface area contributed by atoms with E-state index in [4.69, 9.17) is 4.74 Å². The highest BCUT2D eigenvalue weighted by atomic mass is 16.5. The summed E-state index contributed by atoms with van der Waals surface area (Å²) >= 11 is 0. The molecule has 0 saturated heterocycles. The fourth-order valence-electron chi connectivity index (χ4n) is 2.44. The van der Waals surface area contributed by atoms with Gasteiger partial charge in [-0.2, -0.15) is 0 Å². The lowest BCUT2D eigenvalue weighted by molar-refractivity contribution is -0.136. The van der Waals surface area contributed by atoms with Crippen molar-refractivity contribution in [1.82, 2.24) is 20.9 Å². The van der Waals surface area contributed by atoms with E-state index in [0.717, 1.165) is 0 Å². The van der Waals surface area contributed by atoms with Crippen LogP contribution in [-0.4, -0.2) is 68.5 Å². The van der Waals surface area contributed by atoms with E-state index in [1.807, 2.05) is 37.3 Å². The van der Waals surface area contributed by atoms with Crippen molar-refractivity contribution in [2.75, 3.05) is 39.8 Å². The Morgan fingerprint density at radius 3 is 2.62 bits per heavy atom. The van der Waals surface area contributed by atoms with E-state index >= 15 is 0 Å². The lowest BCUT2D eigenvalue weighted by atomic mass is 10.1. The molecule has 0 saturated carbocycles. The Morgan fingerprint density at radius 1 is 1.10 bits per heavy atom. The molecule has 0 radical (unpaired) electrons. The van der Waals surface area contributed by atoms with E-state index in [9.17, 15) is 14.4 Å². The normalized spacial score (nSPS) is 27.5. The van der Waals surface area contributed by atoms with Gasteiger partial charge in [-0.05, 0) is 18.9 Å². The number of carbonyl (C=O) groups is 3. The van der Waals surface area contributed by atoms with Crippen LogP contribution in [0, 0.1) is 5.92 Å².